The van der Waals surface area contributed by atoms with Crippen LogP contribution in [0, 0.1) is 0 Å². The van der Waals surface area contributed by atoms with E-state index in [0.717, 1.165) is 18.4 Å². The Hall–Kier alpha value is -1.23. The Kier molecular flexibility index (Phi) is 3.80. The van der Waals surface area contributed by atoms with Crippen molar-refractivity contribution in [1.82, 2.24) is 0 Å². The molecule has 0 aromatic heterocycles. The van der Waals surface area contributed by atoms with Gasteiger partial charge in [-0.1, -0.05) is 18.2 Å². The van der Waals surface area contributed by atoms with Crippen molar-refractivity contribution in [3.05, 3.63) is 29.8 Å². The smallest absolute Gasteiger partial charge is 0.360 e. The third-order valence-corrected chi connectivity index (χ3v) is 3.34. The molecule has 1 aliphatic rings. The maximum absolute atomic E-state index is 13.1. The highest BCUT2D eigenvalue weighted by molar-refractivity contribution is 5.56. The lowest BCUT2D eigenvalue weighted by molar-refractivity contribution is -0.149. The molecule has 1 unspecified atom stereocenters. The molecule has 1 aromatic carbocycles. The summed E-state index contributed by atoms with van der Waals surface area (Å²) in [6.07, 6.45) is -2.68. The second-order valence-corrected chi connectivity index (χ2v) is 4.56. The lowest BCUT2D eigenvalue weighted by atomic mass is 9.99. The van der Waals surface area contributed by atoms with Crippen LogP contribution in [0.3, 0.4) is 0 Å². The number of hydrogen-bond acceptors (Lipinski definition) is 2. The van der Waals surface area contributed by atoms with Gasteiger partial charge in [0.1, 0.15) is 6.04 Å². The molecule has 0 amide bonds. The van der Waals surface area contributed by atoms with Gasteiger partial charge in [-0.3, -0.25) is 0 Å². The summed E-state index contributed by atoms with van der Waals surface area (Å²) in [6, 6.07) is 5.85. The van der Waals surface area contributed by atoms with Gasteiger partial charge in [0.2, 0.25) is 0 Å². The number of halogens is 3. The number of hydrogen-bond donors (Lipinski definition) is 1. The molecule has 1 aliphatic heterocycles. The summed E-state index contributed by atoms with van der Waals surface area (Å²) < 4.78 is 39.3. The molecule has 1 atom stereocenters. The van der Waals surface area contributed by atoms with Crippen LogP contribution in [0.25, 0.3) is 0 Å². The zero-order chi connectivity index (χ0) is 13.2. The summed E-state index contributed by atoms with van der Waals surface area (Å²) in [6.45, 7) is 0.490. The quantitative estimate of drug-likeness (QED) is 0.903. The first-order valence-electron chi connectivity index (χ1n) is 6.15. The van der Waals surface area contributed by atoms with Gasteiger partial charge in [-0.2, -0.15) is 13.2 Å². The topological polar surface area (TPSA) is 29.3 Å². The zero-order valence-corrected chi connectivity index (χ0v) is 10.1. The van der Waals surface area contributed by atoms with Crippen molar-refractivity contribution in [2.75, 3.05) is 18.0 Å². The minimum absolute atomic E-state index is 0.0445. The van der Waals surface area contributed by atoms with E-state index in [1.165, 1.54) is 4.90 Å². The average Bonchev–Trinajstić information content (AvgIpc) is 2.34. The van der Waals surface area contributed by atoms with E-state index in [1.807, 2.05) is 12.1 Å². The molecule has 2 nitrogen and oxygen atoms in total. The van der Waals surface area contributed by atoms with Crippen LogP contribution in [-0.2, 0) is 6.42 Å². The Bertz CT molecular complexity index is 403. The number of benzene rings is 1. The number of nitrogens with zero attached hydrogens (tertiary/aromatic N) is 1. The van der Waals surface area contributed by atoms with Gasteiger partial charge < -0.3 is 10.6 Å². The summed E-state index contributed by atoms with van der Waals surface area (Å²) in [5.41, 5.74) is 7.03. The van der Waals surface area contributed by atoms with Crippen LogP contribution in [0.15, 0.2) is 24.3 Å². The first-order chi connectivity index (χ1) is 8.54. The fraction of sp³-hybridized carbons (Fsp3) is 0.538. The molecule has 5 heteroatoms. The predicted octanol–water partition coefficient (Wildman–Crippen LogP) is 2.72. The third-order valence-electron chi connectivity index (χ3n) is 3.34. The number of rotatable bonds is 3. The summed E-state index contributed by atoms with van der Waals surface area (Å²) >= 11 is 0. The van der Waals surface area contributed by atoms with Gasteiger partial charge in [-0.15, -0.1) is 0 Å². The van der Waals surface area contributed by atoms with Crippen LogP contribution in [-0.4, -0.2) is 25.3 Å². The first kappa shape index (κ1) is 13.2. The largest absolute Gasteiger partial charge is 0.408 e. The Balaban J connectivity index is 2.32. The van der Waals surface area contributed by atoms with Gasteiger partial charge in [-0.05, 0) is 37.4 Å². The van der Waals surface area contributed by atoms with Gasteiger partial charge in [0.15, 0.2) is 0 Å². The SMILES string of the molecule is NCCC(N1CCCc2ccccc21)C(F)(F)F. The van der Waals surface area contributed by atoms with Crippen LogP contribution < -0.4 is 10.6 Å². The second-order valence-electron chi connectivity index (χ2n) is 4.56. The van der Waals surface area contributed by atoms with Crippen molar-refractivity contribution in [2.45, 2.75) is 31.5 Å². The van der Waals surface area contributed by atoms with Crippen molar-refractivity contribution in [3.63, 3.8) is 0 Å². The van der Waals surface area contributed by atoms with Gasteiger partial charge in [0.05, 0.1) is 0 Å². The highest BCUT2D eigenvalue weighted by Gasteiger charge is 2.43. The van der Waals surface area contributed by atoms with E-state index in [2.05, 4.69) is 0 Å². The molecule has 0 bridgehead atoms. The third kappa shape index (κ3) is 2.61. The van der Waals surface area contributed by atoms with E-state index in [-0.39, 0.29) is 13.0 Å². The summed E-state index contributed by atoms with van der Waals surface area (Å²) in [4.78, 5) is 1.46. The number of para-hydroxylation sites is 1. The first-order valence-corrected chi connectivity index (χ1v) is 6.15. The fourth-order valence-corrected chi connectivity index (χ4v) is 2.54. The molecule has 1 heterocycles. The van der Waals surface area contributed by atoms with Crippen LogP contribution in [0.2, 0.25) is 0 Å². The van der Waals surface area contributed by atoms with Crippen molar-refractivity contribution in [1.29, 1.82) is 0 Å². The predicted molar refractivity (Wildman–Crippen MR) is 65.6 cm³/mol. The molecule has 2 N–H and O–H groups in total. The maximum Gasteiger partial charge on any atom is 0.408 e. The summed E-state index contributed by atoms with van der Waals surface area (Å²) in [5.74, 6) is 0. The molecule has 2 rings (SSSR count). The lowest BCUT2D eigenvalue weighted by Crippen LogP contribution is -2.49. The van der Waals surface area contributed by atoms with Crippen molar-refractivity contribution in [2.24, 2.45) is 5.73 Å². The van der Waals surface area contributed by atoms with E-state index in [9.17, 15) is 13.2 Å². The number of fused-ring (bicyclic) bond motifs is 1. The van der Waals surface area contributed by atoms with Crippen LogP contribution in [0.4, 0.5) is 18.9 Å². The molecule has 18 heavy (non-hydrogen) atoms. The minimum atomic E-state index is -4.23. The molecule has 0 fully saturated rings. The molecule has 0 radical (unpaired) electrons. The van der Waals surface area contributed by atoms with E-state index in [1.54, 1.807) is 12.1 Å². The second kappa shape index (κ2) is 5.18. The standard InChI is InChI=1S/C13H17F3N2/c14-13(15,16)12(7-8-17)18-9-3-5-10-4-1-2-6-11(10)18/h1-2,4,6,12H,3,5,7-9,17H2. The van der Waals surface area contributed by atoms with E-state index < -0.39 is 12.2 Å². The zero-order valence-electron chi connectivity index (χ0n) is 10.1. The molecular formula is C13H17F3N2. The molecule has 100 valence electrons. The number of anilines is 1. The van der Waals surface area contributed by atoms with Crippen molar-refractivity contribution >= 4 is 5.69 Å². The molecule has 0 spiro atoms. The number of alkyl halides is 3. The number of nitrogens with two attached hydrogens (primary N) is 1. The summed E-state index contributed by atoms with van der Waals surface area (Å²) in [5, 5.41) is 0. The van der Waals surface area contributed by atoms with Crippen LogP contribution >= 0.6 is 0 Å². The Morgan fingerprint density at radius 3 is 2.67 bits per heavy atom. The normalized spacial score (nSPS) is 17.4. The van der Waals surface area contributed by atoms with Crippen LogP contribution in [0.1, 0.15) is 18.4 Å². The van der Waals surface area contributed by atoms with E-state index in [4.69, 9.17) is 5.73 Å². The monoisotopic (exact) mass is 258 g/mol. The molecule has 0 aliphatic carbocycles. The number of aryl methyl sites for hydroxylation is 1. The van der Waals surface area contributed by atoms with Gasteiger partial charge in [-0.25, -0.2) is 0 Å². The van der Waals surface area contributed by atoms with Crippen LogP contribution in [0.5, 0.6) is 0 Å². The van der Waals surface area contributed by atoms with Crippen molar-refractivity contribution < 1.29 is 13.2 Å². The average molecular weight is 258 g/mol. The highest BCUT2D eigenvalue weighted by atomic mass is 19.4. The van der Waals surface area contributed by atoms with Gasteiger partial charge in [0.25, 0.3) is 0 Å². The lowest BCUT2D eigenvalue weighted by Gasteiger charge is -2.38. The Morgan fingerprint density at radius 2 is 2.00 bits per heavy atom. The molecule has 1 aromatic rings. The van der Waals surface area contributed by atoms with Gasteiger partial charge in [0, 0.05) is 12.2 Å². The molecular weight excluding hydrogens is 241 g/mol. The molecule has 0 saturated heterocycles. The Labute approximate surface area is 105 Å². The van der Waals surface area contributed by atoms with E-state index in [0.29, 0.717) is 12.2 Å². The summed E-state index contributed by atoms with van der Waals surface area (Å²) in [7, 11) is 0. The van der Waals surface area contributed by atoms with Gasteiger partial charge >= 0.3 is 6.18 Å². The highest BCUT2D eigenvalue weighted by Crippen LogP contribution is 2.35. The fourth-order valence-electron chi connectivity index (χ4n) is 2.54. The minimum Gasteiger partial charge on any atom is -0.360 e. The Morgan fingerprint density at radius 1 is 1.28 bits per heavy atom. The maximum atomic E-state index is 13.1. The van der Waals surface area contributed by atoms with Crippen molar-refractivity contribution in [3.8, 4) is 0 Å². The van der Waals surface area contributed by atoms with E-state index >= 15 is 0 Å². The molecule has 0 saturated carbocycles.